The van der Waals surface area contributed by atoms with Crippen molar-refractivity contribution in [2.24, 2.45) is 0 Å². The number of nitrogens with one attached hydrogen (secondary N) is 1. The number of halogens is 1. The maximum atomic E-state index is 12.8. The first-order valence-electron chi connectivity index (χ1n) is 9.09. The molecule has 2 rings (SSSR count). The molecule has 1 N–H and O–H groups in total. The van der Waals surface area contributed by atoms with Crippen LogP contribution < -0.4 is 9.46 Å². The van der Waals surface area contributed by atoms with Crippen LogP contribution >= 0.6 is 15.9 Å². The molecule has 8 heteroatoms. The number of carbonyl (C=O) groups excluding carboxylic acids is 2. The van der Waals surface area contributed by atoms with Gasteiger partial charge in [0, 0.05) is 22.3 Å². The summed E-state index contributed by atoms with van der Waals surface area (Å²) in [5, 5.41) is 1.81. The van der Waals surface area contributed by atoms with E-state index < -0.39 is 28.1 Å². The van der Waals surface area contributed by atoms with E-state index in [0.717, 1.165) is 20.8 Å². The smallest absolute Gasteiger partial charge is 0.313 e. The van der Waals surface area contributed by atoms with Crippen molar-refractivity contribution in [1.82, 2.24) is 4.72 Å². The van der Waals surface area contributed by atoms with Gasteiger partial charge in [-0.1, -0.05) is 22.0 Å². The first kappa shape index (κ1) is 23.7. The van der Waals surface area contributed by atoms with Gasteiger partial charge in [-0.25, -0.2) is 0 Å². The molecule has 0 radical (unpaired) electrons. The van der Waals surface area contributed by atoms with E-state index in [1.807, 2.05) is 51.1 Å². The normalized spacial score (nSPS) is 13.8. The number of hydrogen-bond acceptors (Lipinski definition) is 6. The summed E-state index contributed by atoms with van der Waals surface area (Å²) in [6, 6.07) is 8.90. The molecule has 0 aliphatic heterocycles. The summed E-state index contributed by atoms with van der Waals surface area (Å²) in [7, 11) is 2.83. The maximum absolute atomic E-state index is 12.8. The zero-order valence-corrected chi connectivity index (χ0v) is 19.6. The van der Waals surface area contributed by atoms with Gasteiger partial charge in [-0.15, -0.1) is 4.72 Å². The Kier molecular flexibility index (Phi) is 8.10. The number of carbonyl (C=O) groups is 2. The van der Waals surface area contributed by atoms with Gasteiger partial charge in [0.05, 0.1) is 20.3 Å². The zero-order chi connectivity index (χ0) is 21.8. The Hall–Kier alpha value is -1.61. The van der Waals surface area contributed by atoms with Crippen molar-refractivity contribution in [3.8, 4) is 5.75 Å². The summed E-state index contributed by atoms with van der Waals surface area (Å²) in [5.74, 6) is -0.208. The van der Waals surface area contributed by atoms with E-state index in [1.54, 1.807) is 7.11 Å². The van der Waals surface area contributed by atoms with Crippen molar-refractivity contribution in [2.45, 2.75) is 44.4 Å². The van der Waals surface area contributed by atoms with E-state index >= 15 is 0 Å². The molecule has 29 heavy (non-hydrogen) atoms. The number of esters is 1. The third-order valence-electron chi connectivity index (χ3n) is 4.39. The highest BCUT2D eigenvalue weighted by molar-refractivity contribution is 9.10. The first-order valence-corrected chi connectivity index (χ1v) is 11.0. The lowest BCUT2D eigenvalue weighted by molar-refractivity contribution is -0.143. The first-order chi connectivity index (χ1) is 13.6. The Morgan fingerprint density at radius 3 is 2.45 bits per heavy atom. The van der Waals surface area contributed by atoms with E-state index in [2.05, 4.69) is 25.4 Å². The third-order valence-corrected chi connectivity index (χ3v) is 6.69. The number of ether oxygens (including phenoxy) is 2. The van der Waals surface area contributed by atoms with Crippen LogP contribution in [0.1, 0.15) is 45.2 Å². The van der Waals surface area contributed by atoms with Crippen LogP contribution in [-0.2, 0) is 25.7 Å². The fourth-order valence-corrected chi connectivity index (χ4v) is 4.10. The van der Waals surface area contributed by atoms with Gasteiger partial charge in [-0.2, -0.15) is 0 Å². The lowest BCUT2D eigenvalue weighted by Gasteiger charge is -2.28. The highest BCUT2D eigenvalue weighted by atomic mass is 79.9. The molecule has 0 saturated carbocycles. The SMILES string of the molecule is COC(=O)CC(=O)C[C@H](N[S@+]([O-])C(C)(C)C)c1ccc(Br)c2ccc(OC)cc12. The second-order valence-corrected chi connectivity index (χ2v) is 10.4. The Balaban J connectivity index is 2.50. The predicted molar refractivity (Wildman–Crippen MR) is 118 cm³/mol. The fourth-order valence-electron chi connectivity index (χ4n) is 2.80. The Bertz CT molecular complexity index is 897. The van der Waals surface area contributed by atoms with Crippen LogP contribution in [0.4, 0.5) is 0 Å². The van der Waals surface area contributed by atoms with Crippen LogP contribution in [-0.4, -0.2) is 35.3 Å². The number of hydrogen-bond donors (Lipinski definition) is 1. The second kappa shape index (κ2) is 9.93. The summed E-state index contributed by atoms with van der Waals surface area (Å²) >= 11 is 2.14. The van der Waals surface area contributed by atoms with Gasteiger partial charge in [0.2, 0.25) is 0 Å². The molecule has 0 unspecified atom stereocenters. The van der Waals surface area contributed by atoms with E-state index in [1.165, 1.54) is 7.11 Å². The average Bonchev–Trinajstić information content (AvgIpc) is 2.66. The third kappa shape index (κ3) is 6.18. The molecule has 0 fully saturated rings. The molecule has 0 bridgehead atoms. The molecule has 0 saturated heterocycles. The molecular weight excluding hydrogens is 458 g/mol. The van der Waals surface area contributed by atoms with Crippen LogP contribution in [0.25, 0.3) is 10.8 Å². The number of ketones is 1. The molecule has 2 atom stereocenters. The topological polar surface area (TPSA) is 87.7 Å². The van der Waals surface area contributed by atoms with E-state index in [-0.39, 0.29) is 18.6 Å². The molecule has 0 spiro atoms. The van der Waals surface area contributed by atoms with Crippen molar-refractivity contribution >= 4 is 49.8 Å². The van der Waals surface area contributed by atoms with E-state index in [4.69, 9.17) is 4.74 Å². The molecule has 0 aliphatic rings. The molecule has 0 amide bonds. The van der Waals surface area contributed by atoms with Gasteiger partial charge in [0.1, 0.15) is 22.7 Å². The highest BCUT2D eigenvalue weighted by Gasteiger charge is 2.32. The van der Waals surface area contributed by atoms with E-state index in [0.29, 0.717) is 5.75 Å². The van der Waals surface area contributed by atoms with Crippen LogP contribution in [0, 0.1) is 0 Å². The Labute approximate surface area is 182 Å². The quantitative estimate of drug-likeness (QED) is 0.343. The lowest BCUT2D eigenvalue weighted by atomic mass is 9.95. The number of rotatable bonds is 8. The largest absolute Gasteiger partial charge is 0.598 e. The summed E-state index contributed by atoms with van der Waals surface area (Å²) in [6.45, 7) is 5.56. The van der Waals surface area contributed by atoms with E-state index in [9.17, 15) is 14.1 Å². The Morgan fingerprint density at radius 1 is 1.17 bits per heavy atom. The number of benzene rings is 2. The van der Waals surface area contributed by atoms with Crippen LogP contribution in [0.2, 0.25) is 0 Å². The average molecular weight is 484 g/mol. The molecular formula is C21H26BrNO5S. The van der Waals surface area contributed by atoms with Crippen molar-refractivity contribution in [2.75, 3.05) is 14.2 Å². The highest BCUT2D eigenvalue weighted by Crippen LogP contribution is 2.35. The summed E-state index contributed by atoms with van der Waals surface area (Å²) in [6.07, 6.45) is -0.320. The van der Waals surface area contributed by atoms with Crippen LogP contribution in [0.15, 0.2) is 34.8 Å². The molecule has 2 aromatic carbocycles. The predicted octanol–water partition coefficient (Wildman–Crippen LogP) is 4.23. The molecule has 0 heterocycles. The maximum Gasteiger partial charge on any atom is 0.313 e. The minimum Gasteiger partial charge on any atom is -0.598 e. The monoisotopic (exact) mass is 483 g/mol. The van der Waals surface area contributed by atoms with Crippen molar-refractivity contribution in [1.29, 1.82) is 0 Å². The van der Waals surface area contributed by atoms with Crippen molar-refractivity contribution in [3.63, 3.8) is 0 Å². The number of methoxy groups -OCH3 is 2. The molecule has 0 aromatic heterocycles. The molecule has 0 aliphatic carbocycles. The minimum absolute atomic E-state index is 0.00482. The van der Waals surface area contributed by atoms with Gasteiger partial charge in [0.15, 0.2) is 0 Å². The summed E-state index contributed by atoms with van der Waals surface area (Å²) in [4.78, 5) is 24.0. The van der Waals surface area contributed by atoms with Crippen molar-refractivity contribution in [3.05, 3.63) is 40.4 Å². The van der Waals surface area contributed by atoms with Gasteiger partial charge < -0.3 is 14.0 Å². The van der Waals surface area contributed by atoms with Gasteiger partial charge in [0.25, 0.3) is 0 Å². The number of Topliss-reactive ketones (excluding diaryl/α,β-unsaturated/α-hetero) is 1. The zero-order valence-electron chi connectivity index (χ0n) is 17.2. The van der Waals surface area contributed by atoms with Crippen molar-refractivity contribution < 1.29 is 23.6 Å². The lowest BCUT2D eigenvalue weighted by Crippen LogP contribution is -2.42. The molecule has 158 valence electrons. The van der Waals surface area contributed by atoms with Gasteiger partial charge >= 0.3 is 5.97 Å². The second-order valence-electron chi connectivity index (χ2n) is 7.60. The summed E-state index contributed by atoms with van der Waals surface area (Å²) < 4.78 is 26.2. The van der Waals surface area contributed by atoms with Crippen LogP contribution in [0.5, 0.6) is 5.75 Å². The molecule has 2 aromatic rings. The standard InChI is InChI=1S/C21H26BrNO5S/c1-21(2,3)29(26)23-19(10-13(24)11-20(25)28-5)16-8-9-18(22)15-7-6-14(27-4)12-17(15)16/h6-9,12,19,23H,10-11H2,1-5H3/t19-,29+/m0/s1. The fraction of sp³-hybridized carbons (Fsp3) is 0.429. The Morgan fingerprint density at radius 2 is 1.86 bits per heavy atom. The van der Waals surface area contributed by atoms with Gasteiger partial charge in [-0.05, 0) is 61.4 Å². The molecule has 6 nitrogen and oxygen atoms in total. The van der Waals surface area contributed by atoms with Crippen LogP contribution in [0.3, 0.4) is 0 Å². The van der Waals surface area contributed by atoms with Gasteiger partial charge in [-0.3, -0.25) is 9.59 Å². The minimum atomic E-state index is -1.42. The number of fused-ring (bicyclic) bond motifs is 1. The summed E-state index contributed by atoms with van der Waals surface area (Å²) in [5.41, 5.74) is 0.804.